The molecule has 1 aliphatic heterocycles. The Morgan fingerprint density at radius 2 is 1.96 bits per heavy atom. The summed E-state index contributed by atoms with van der Waals surface area (Å²) in [6, 6.07) is 19.7. The number of nitrogens with zero attached hydrogens (tertiary/aromatic N) is 2. The van der Waals surface area contributed by atoms with Crippen molar-refractivity contribution in [1.29, 1.82) is 0 Å². The number of nitrogens with one attached hydrogen (secondary N) is 1. The van der Waals surface area contributed by atoms with Crippen molar-refractivity contribution in [2.75, 3.05) is 0 Å². The lowest BCUT2D eigenvalue weighted by molar-refractivity contribution is 0.167. The van der Waals surface area contributed by atoms with E-state index in [1.807, 2.05) is 67.6 Å². The van der Waals surface area contributed by atoms with Crippen molar-refractivity contribution < 1.29 is 9.47 Å². The summed E-state index contributed by atoms with van der Waals surface area (Å²) in [5.41, 5.74) is 4.83. The molecule has 0 fully saturated rings. The van der Waals surface area contributed by atoms with Crippen LogP contribution in [0.15, 0.2) is 72.0 Å². The predicted octanol–water partition coefficient (Wildman–Crippen LogP) is 3.63. The molecule has 0 radical (unpaired) electrons. The second-order valence-corrected chi connectivity index (χ2v) is 5.61. The minimum absolute atomic E-state index is 0.157. The fourth-order valence-corrected chi connectivity index (χ4v) is 2.66. The normalized spacial score (nSPS) is 17.7. The standard InChI is InChI=1S/C19H17N3O2/c1-13-21-22-19(23-13)18(14-6-3-2-4-7-14)24-16-9-10-17-15(12-16)8-5-11-20-17/h2-13,18,21H,1H3/t13-,18?/m1/s1. The Morgan fingerprint density at radius 3 is 2.75 bits per heavy atom. The molecule has 1 N–H and O–H groups in total. The van der Waals surface area contributed by atoms with Crippen LogP contribution in [0.2, 0.25) is 0 Å². The van der Waals surface area contributed by atoms with Crippen molar-refractivity contribution in [3.05, 3.63) is 72.4 Å². The number of rotatable bonds is 4. The van der Waals surface area contributed by atoms with E-state index in [0.29, 0.717) is 5.90 Å². The van der Waals surface area contributed by atoms with Gasteiger partial charge < -0.3 is 9.47 Å². The Morgan fingerprint density at radius 1 is 1.08 bits per heavy atom. The molecule has 5 nitrogen and oxygen atoms in total. The van der Waals surface area contributed by atoms with E-state index in [0.717, 1.165) is 22.2 Å². The minimum Gasteiger partial charge on any atom is -0.476 e. The van der Waals surface area contributed by atoms with Crippen LogP contribution in [-0.2, 0) is 4.74 Å². The maximum absolute atomic E-state index is 6.22. The second-order valence-electron chi connectivity index (χ2n) is 5.61. The zero-order chi connectivity index (χ0) is 16.4. The smallest absolute Gasteiger partial charge is 0.254 e. The Bertz CT molecular complexity index is 880. The number of aromatic nitrogens is 1. The lowest BCUT2D eigenvalue weighted by atomic mass is 10.1. The van der Waals surface area contributed by atoms with E-state index in [1.165, 1.54) is 0 Å². The first-order chi connectivity index (χ1) is 11.8. The van der Waals surface area contributed by atoms with E-state index in [9.17, 15) is 0 Å². The van der Waals surface area contributed by atoms with Crippen LogP contribution in [-0.4, -0.2) is 17.1 Å². The number of ether oxygens (including phenoxy) is 2. The third-order valence-corrected chi connectivity index (χ3v) is 3.81. The number of hydrogen-bond donors (Lipinski definition) is 1. The summed E-state index contributed by atoms with van der Waals surface area (Å²) >= 11 is 0. The zero-order valence-electron chi connectivity index (χ0n) is 13.2. The average molecular weight is 319 g/mol. The summed E-state index contributed by atoms with van der Waals surface area (Å²) in [7, 11) is 0. The fraction of sp³-hybridized carbons (Fsp3) is 0.158. The van der Waals surface area contributed by atoms with Crippen LogP contribution < -0.4 is 10.2 Å². The molecule has 120 valence electrons. The molecular weight excluding hydrogens is 302 g/mol. The molecule has 5 heteroatoms. The third-order valence-electron chi connectivity index (χ3n) is 3.81. The van der Waals surface area contributed by atoms with E-state index in [2.05, 4.69) is 15.5 Å². The third kappa shape index (κ3) is 2.88. The molecule has 4 rings (SSSR count). The van der Waals surface area contributed by atoms with Crippen molar-refractivity contribution in [2.24, 2.45) is 5.10 Å². The van der Waals surface area contributed by atoms with Gasteiger partial charge in [-0.2, -0.15) is 0 Å². The first-order valence-corrected chi connectivity index (χ1v) is 7.86. The van der Waals surface area contributed by atoms with Gasteiger partial charge in [0.15, 0.2) is 6.23 Å². The van der Waals surface area contributed by atoms with Gasteiger partial charge in [-0.25, -0.2) is 0 Å². The highest BCUT2D eigenvalue weighted by Crippen LogP contribution is 2.27. The van der Waals surface area contributed by atoms with Gasteiger partial charge in [0.2, 0.25) is 6.10 Å². The average Bonchev–Trinajstić information content (AvgIpc) is 3.06. The van der Waals surface area contributed by atoms with Crippen molar-refractivity contribution in [2.45, 2.75) is 19.3 Å². The monoisotopic (exact) mass is 319 g/mol. The zero-order valence-corrected chi connectivity index (χ0v) is 13.2. The molecule has 0 aliphatic carbocycles. The van der Waals surface area contributed by atoms with Gasteiger partial charge in [0.25, 0.3) is 5.90 Å². The SMILES string of the molecule is C[C@@H]1NN=C(C(Oc2ccc3ncccc3c2)c2ccccc2)O1. The molecule has 24 heavy (non-hydrogen) atoms. The molecule has 0 spiro atoms. The Hall–Kier alpha value is -3.08. The summed E-state index contributed by atoms with van der Waals surface area (Å²) < 4.78 is 12.0. The van der Waals surface area contributed by atoms with Crippen molar-refractivity contribution >= 4 is 16.8 Å². The largest absolute Gasteiger partial charge is 0.476 e. The summed E-state index contributed by atoms with van der Waals surface area (Å²) in [4.78, 5) is 4.33. The summed E-state index contributed by atoms with van der Waals surface area (Å²) in [5, 5.41) is 5.29. The van der Waals surface area contributed by atoms with Crippen molar-refractivity contribution in [1.82, 2.24) is 10.4 Å². The first-order valence-electron chi connectivity index (χ1n) is 7.86. The molecular formula is C19H17N3O2. The highest BCUT2D eigenvalue weighted by atomic mass is 16.6. The van der Waals surface area contributed by atoms with Crippen LogP contribution in [0.25, 0.3) is 10.9 Å². The van der Waals surface area contributed by atoms with Crippen molar-refractivity contribution in [3.63, 3.8) is 0 Å². The van der Waals surface area contributed by atoms with Crippen molar-refractivity contribution in [3.8, 4) is 5.75 Å². The molecule has 1 aromatic heterocycles. The summed E-state index contributed by atoms with van der Waals surface area (Å²) in [6.07, 6.45) is 1.22. The van der Waals surface area contributed by atoms with Gasteiger partial charge in [0.05, 0.1) is 5.52 Å². The highest BCUT2D eigenvalue weighted by Gasteiger charge is 2.27. The molecule has 0 saturated heterocycles. The summed E-state index contributed by atoms with van der Waals surface area (Å²) in [6.45, 7) is 1.90. The van der Waals surface area contributed by atoms with E-state index < -0.39 is 6.10 Å². The van der Waals surface area contributed by atoms with Gasteiger partial charge in [-0.15, -0.1) is 5.10 Å². The van der Waals surface area contributed by atoms with Gasteiger partial charge in [-0.05, 0) is 31.2 Å². The van der Waals surface area contributed by atoms with E-state index in [-0.39, 0.29) is 6.23 Å². The van der Waals surface area contributed by atoms with Gasteiger partial charge in [-0.1, -0.05) is 36.4 Å². The number of benzene rings is 2. The van der Waals surface area contributed by atoms with Gasteiger partial charge in [-0.3, -0.25) is 10.4 Å². The molecule has 0 saturated carbocycles. The Kier molecular flexibility index (Phi) is 3.75. The first kappa shape index (κ1) is 14.5. The molecule has 1 aliphatic rings. The number of pyridine rings is 1. The predicted molar refractivity (Wildman–Crippen MR) is 92.7 cm³/mol. The van der Waals surface area contributed by atoms with Gasteiger partial charge in [0, 0.05) is 17.1 Å². The minimum atomic E-state index is -0.405. The van der Waals surface area contributed by atoms with E-state index in [1.54, 1.807) is 6.20 Å². The maximum Gasteiger partial charge on any atom is 0.254 e. The second kappa shape index (κ2) is 6.20. The fourth-order valence-electron chi connectivity index (χ4n) is 2.66. The molecule has 2 aromatic carbocycles. The summed E-state index contributed by atoms with van der Waals surface area (Å²) in [5.74, 6) is 1.27. The quantitative estimate of drug-likeness (QED) is 0.798. The maximum atomic E-state index is 6.22. The van der Waals surface area contributed by atoms with Crippen LogP contribution in [0.4, 0.5) is 0 Å². The number of hydrazone groups is 1. The molecule has 1 unspecified atom stereocenters. The lowest BCUT2D eigenvalue weighted by Crippen LogP contribution is -2.22. The Labute approximate surface area is 139 Å². The highest BCUT2D eigenvalue weighted by molar-refractivity contribution is 5.84. The topological polar surface area (TPSA) is 55.7 Å². The molecule has 0 bridgehead atoms. The van der Waals surface area contributed by atoms with Crippen LogP contribution in [0.3, 0.4) is 0 Å². The van der Waals surface area contributed by atoms with E-state index >= 15 is 0 Å². The molecule has 2 atom stereocenters. The molecule has 2 heterocycles. The van der Waals surface area contributed by atoms with Crippen LogP contribution in [0, 0.1) is 0 Å². The number of fused-ring (bicyclic) bond motifs is 1. The van der Waals surface area contributed by atoms with E-state index in [4.69, 9.17) is 9.47 Å². The molecule has 0 amide bonds. The van der Waals surface area contributed by atoms with Crippen LogP contribution in [0.1, 0.15) is 18.6 Å². The Balaban J connectivity index is 1.68. The lowest BCUT2D eigenvalue weighted by Gasteiger charge is -2.19. The van der Waals surface area contributed by atoms with Gasteiger partial charge >= 0.3 is 0 Å². The number of hydrogen-bond acceptors (Lipinski definition) is 5. The van der Waals surface area contributed by atoms with Crippen LogP contribution >= 0.6 is 0 Å². The van der Waals surface area contributed by atoms with Crippen LogP contribution in [0.5, 0.6) is 5.75 Å². The molecule has 3 aromatic rings. The van der Waals surface area contributed by atoms with Gasteiger partial charge in [0.1, 0.15) is 5.75 Å².